The van der Waals surface area contributed by atoms with Gasteiger partial charge in [0.15, 0.2) is 5.78 Å². The lowest BCUT2D eigenvalue weighted by Gasteiger charge is -2.28. The Morgan fingerprint density at radius 2 is 1.64 bits per heavy atom. The van der Waals surface area contributed by atoms with Crippen LogP contribution in [0.25, 0.3) is 0 Å². The van der Waals surface area contributed by atoms with Gasteiger partial charge in [0, 0.05) is 31.6 Å². The number of nitrogens with zero attached hydrogens (tertiary/aromatic N) is 2. The number of aldehydes is 1. The van der Waals surface area contributed by atoms with E-state index in [2.05, 4.69) is 52.8 Å². The fraction of sp³-hybridized carbons (Fsp3) is 0.643. The molecule has 5 amide bonds. The number of benzene rings is 1. The molecule has 14 heteroatoms. The molecule has 4 rings (SSSR count). The third-order valence-corrected chi connectivity index (χ3v) is 9.94. The van der Waals surface area contributed by atoms with Gasteiger partial charge in [0.2, 0.25) is 12.2 Å². The van der Waals surface area contributed by atoms with Crippen molar-refractivity contribution in [2.75, 3.05) is 26.7 Å². The van der Waals surface area contributed by atoms with Crippen LogP contribution in [0.2, 0.25) is 0 Å². The fourth-order valence-electron chi connectivity index (χ4n) is 5.89. The lowest BCUT2D eigenvalue weighted by Crippen LogP contribution is -2.54. The number of likely N-dealkylation sites (tertiary alicyclic amines) is 1. The van der Waals surface area contributed by atoms with Crippen LogP contribution in [0.4, 0.5) is 9.59 Å². The lowest BCUT2D eigenvalue weighted by molar-refractivity contribution is -0.139. The van der Waals surface area contributed by atoms with Crippen LogP contribution < -0.4 is 21.3 Å². The number of unbranched alkanes of at least 4 members (excludes halogenated alkanes) is 1. The molecular weight excluding hydrogens is 716 g/mol. The van der Waals surface area contributed by atoms with E-state index in [1.54, 1.807) is 0 Å². The van der Waals surface area contributed by atoms with E-state index in [1.165, 1.54) is 35.9 Å². The van der Waals surface area contributed by atoms with E-state index in [0.717, 1.165) is 50.0 Å². The second-order valence-electron chi connectivity index (χ2n) is 16.0. The van der Waals surface area contributed by atoms with E-state index in [1.807, 2.05) is 59.7 Å². The molecule has 3 aliphatic rings. The zero-order chi connectivity index (χ0) is 42.4. The summed E-state index contributed by atoms with van der Waals surface area (Å²) in [6, 6.07) is 6.62. The summed E-state index contributed by atoms with van der Waals surface area (Å²) >= 11 is 0. The lowest BCUT2D eigenvalue weighted by atomic mass is 9.88. The van der Waals surface area contributed by atoms with Gasteiger partial charge in [-0.15, -0.1) is 6.58 Å². The zero-order valence-electron chi connectivity index (χ0n) is 34.9. The number of urea groups is 1. The number of rotatable bonds is 15. The van der Waals surface area contributed by atoms with Gasteiger partial charge in [-0.25, -0.2) is 9.59 Å². The van der Waals surface area contributed by atoms with Crippen molar-refractivity contribution in [3.8, 4) is 0 Å². The van der Waals surface area contributed by atoms with Crippen LogP contribution in [0.15, 0.2) is 36.9 Å². The van der Waals surface area contributed by atoms with Gasteiger partial charge < -0.3 is 41.0 Å². The molecule has 2 fully saturated rings. The summed E-state index contributed by atoms with van der Waals surface area (Å²) in [5.74, 6) is -1.04. The summed E-state index contributed by atoms with van der Waals surface area (Å²) in [6.45, 7) is 19.8. The Labute approximate surface area is 334 Å². The van der Waals surface area contributed by atoms with Crippen molar-refractivity contribution in [2.45, 2.75) is 131 Å². The van der Waals surface area contributed by atoms with Crippen LogP contribution in [-0.2, 0) is 36.9 Å². The third-order valence-electron chi connectivity index (χ3n) is 9.94. The van der Waals surface area contributed by atoms with Gasteiger partial charge in [-0.1, -0.05) is 84.7 Å². The molecule has 314 valence electrons. The summed E-state index contributed by atoms with van der Waals surface area (Å²) in [6.07, 6.45) is 9.48. The molecule has 1 saturated carbocycles. The van der Waals surface area contributed by atoms with Crippen molar-refractivity contribution in [3.05, 3.63) is 48.0 Å². The van der Waals surface area contributed by atoms with Crippen molar-refractivity contribution in [1.29, 1.82) is 0 Å². The maximum Gasteiger partial charge on any atom is 0.407 e. The van der Waals surface area contributed by atoms with Crippen LogP contribution in [0.3, 0.4) is 0 Å². The van der Waals surface area contributed by atoms with Gasteiger partial charge >= 0.3 is 12.1 Å². The molecule has 0 aromatic heterocycles. The number of carbonyl (C=O) groups is 7. The number of nitrogens with one attached hydrogen (secondary N) is 4. The van der Waals surface area contributed by atoms with Crippen molar-refractivity contribution in [1.82, 2.24) is 31.1 Å². The zero-order valence-corrected chi connectivity index (χ0v) is 34.9. The highest BCUT2D eigenvalue weighted by atomic mass is 16.4. The van der Waals surface area contributed by atoms with Crippen molar-refractivity contribution < 1.29 is 38.7 Å². The van der Waals surface area contributed by atoms with E-state index in [-0.39, 0.29) is 29.6 Å². The molecule has 1 aliphatic carbocycles. The van der Waals surface area contributed by atoms with Gasteiger partial charge in [-0.2, -0.15) is 0 Å². The molecule has 2 heterocycles. The SMILES string of the molecule is C=CCNC(=O)C(=O)C(CCCC)NC=O.CC(C)C(NC(=O)NC(C=O)C(C)(C)C)C(=O)C1CC1.CC1CCCN1C.O=C(O)N1CCc2ccccc2C1. The Balaban J connectivity index is 0.000000392. The molecule has 56 heavy (non-hydrogen) atoms. The largest absolute Gasteiger partial charge is 0.465 e. The Hall–Kier alpha value is -4.59. The Morgan fingerprint density at radius 1 is 1.00 bits per heavy atom. The highest BCUT2D eigenvalue weighted by molar-refractivity contribution is 6.38. The third kappa shape index (κ3) is 18.4. The van der Waals surface area contributed by atoms with Crippen molar-refractivity contribution >= 4 is 42.3 Å². The van der Waals surface area contributed by atoms with E-state index in [9.17, 15) is 33.6 Å². The van der Waals surface area contributed by atoms with Crippen molar-refractivity contribution in [2.24, 2.45) is 17.3 Å². The van der Waals surface area contributed by atoms with Crippen LogP contribution in [0.1, 0.15) is 105 Å². The smallest absolute Gasteiger partial charge is 0.407 e. The Kier molecular flexibility index (Phi) is 22.5. The summed E-state index contributed by atoms with van der Waals surface area (Å²) in [5, 5.41) is 18.9. The molecule has 0 radical (unpaired) electrons. The van der Waals surface area contributed by atoms with E-state index >= 15 is 0 Å². The molecule has 4 atom stereocenters. The van der Waals surface area contributed by atoms with Crippen molar-refractivity contribution in [3.63, 3.8) is 0 Å². The number of hydrogen-bond acceptors (Lipinski definition) is 8. The number of fused-ring (bicyclic) bond motifs is 1. The quantitative estimate of drug-likeness (QED) is 0.0936. The molecule has 1 aromatic carbocycles. The van der Waals surface area contributed by atoms with Gasteiger partial charge in [-0.05, 0) is 81.5 Å². The first-order valence-electron chi connectivity index (χ1n) is 19.8. The minimum absolute atomic E-state index is 0.0400. The number of hydrogen-bond donors (Lipinski definition) is 5. The van der Waals surface area contributed by atoms with Crippen LogP contribution in [-0.4, -0.2) is 108 Å². The summed E-state index contributed by atoms with van der Waals surface area (Å²) in [7, 11) is 2.19. The molecule has 1 aromatic rings. The normalized spacial score (nSPS) is 17.6. The van der Waals surface area contributed by atoms with Gasteiger partial charge in [0.1, 0.15) is 6.29 Å². The van der Waals surface area contributed by atoms with Crippen LogP contribution >= 0.6 is 0 Å². The Morgan fingerprint density at radius 3 is 2.09 bits per heavy atom. The molecule has 5 N–H and O–H groups in total. The number of carboxylic acid groups (broad SMARTS) is 1. The number of Topliss-reactive ketones (excluding diaryl/α,β-unsaturated/α-hetero) is 2. The standard InChI is InChI=1S/C15H26N2O3.C11H18N2O3.C10H11NO2.C6H13N/c1-9(2)12(13(19)10-6-7-10)17-14(20)16-11(8-18)15(3,4)5;1-3-5-6-9(13-8-14)10(15)11(16)12-7-4-2;12-10(13)11-6-5-8-3-1-2-4-9(8)7-11;1-6-4-3-5-7(6)2/h8-12H,6-7H2,1-5H3,(H2,16,17,20);4,8-9H,2-3,5-7H2,1H3,(H,12,16)(H,13,14);1-4H,5-7H2,(H,12,13);6H,3-5H2,1-2H3. The maximum atomic E-state index is 12.1. The first-order valence-corrected chi connectivity index (χ1v) is 19.8. The summed E-state index contributed by atoms with van der Waals surface area (Å²) in [5.41, 5.74) is 2.06. The average Bonchev–Trinajstić information content (AvgIpc) is 3.95. The first-order chi connectivity index (χ1) is 26.4. The molecule has 4 unspecified atom stereocenters. The topological polar surface area (TPSA) is 194 Å². The monoisotopic (exact) mass is 785 g/mol. The maximum absolute atomic E-state index is 12.1. The van der Waals surface area contributed by atoms with Gasteiger partial charge in [0.05, 0.1) is 18.1 Å². The second-order valence-corrected chi connectivity index (χ2v) is 16.0. The molecule has 2 aliphatic heterocycles. The molecule has 0 bridgehead atoms. The Bertz CT molecular complexity index is 1430. The predicted octanol–water partition coefficient (Wildman–Crippen LogP) is 4.89. The molecule has 1 saturated heterocycles. The number of amides is 5. The van der Waals surface area contributed by atoms with Crippen LogP contribution in [0, 0.1) is 17.3 Å². The molecular formula is C42H68N6O8. The van der Waals surface area contributed by atoms with Crippen LogP contribution in [0.5, 0.6) is 0 Å². The van der Waals surface area contributed by atoms with E-state index < -0.39 is 41.9 Å². The van der Waals surface area contributed by atoms with Gasteiger partial charge in [-0.3, -0.25) is 19.2 Å². The van der Waals surface area contributed by atoms with E-state index in [0.29, 0.717) is 25.9 Å². The predicted molar refractivity (Wildman–Crippen MR) is 218 cm³/mol. The average molecular weight is 785 g/mol. The molecule has 14 nitrogen and oxygen atoms in total. The summed E-state index contributed by atoms with van der Waals surface area (Å²) < 4.78 is 0. The number of ketones is 2. The first kappa shape index (κ1) is 49.4. The van der Waals surface area contributed by atoms with E-state index in [4.69, 9.17) is 5.11 Å². The second kappa shape index (κ2) is 25.5. The minimum atomic E-state index is -0.825. The molecule has 0 spiro atoms. The number of carbonyl (C=O) groups excluding carboxylic acids is 6. The van der Waals surface area contributed by atoms with Gasteiger partial charge in [0.25, 0.3) is 5.91 Å². The fourth-order valence-corrected chi connectivity index (χ4v) is 5.89. The highest BCUT2D eigenvalue weighted by Gasteiger charge is 2.37. The minimum Gasteiger partial charge on any atom is -0.465 e. The highest BCUT2D eigenvalue weighted by Crippen LogP contribution is 2.32. The summed E-state index contributed by atoms with van der Waals surface area (Å²) in [4.78, 5) is 82.9.